The highest BCUT2D eigenvalue weighted by Crippen LogP contribution is 2.54. The third kappa shape index (κ3) is 3.28. The van der Waals surface area contributed by atoms with Crippen molar-refractivity contribution in [2.45, 2.75) is 25.7 Å². The molecule has 2 N–H and O–H groups in total. The SMILES string of the molecule is CCOC(=O)CC1=C(C(=O)OCC)C2(C(=O)N(C)c3ccccc32)C(C(=O)OC)=C(N)O1. The van der Waals surface area contributed by atoms with Crippen molar-refractivity contribution in [1.82, 2.24) is 0 Å². The van der Waals surface area contributed by atoms with Crippen LogP contribution in [-0.4, -0.2) is 51.2 Å². The quantitative estimate of drug-likeness (QED) is 0.504. The third-order valence-electron chi connectivity index (χ3n) is 5.28. The molecule has 10 nitrogen and oxygen atoms in total. The summed E-state index contributed by atoms with van der Waals surface area (Å²) in [5, 5.41) is 0. The first-order valence-corrected chi connectivity index (χ1v) is 9.95. The summed E-state index contributed by atoms with van der Waals surface area (Å²) in [7, 11) is 2.62. The molecule has 1 amide bonds. The molecule has 0 fully saturated rings. The van der Waals surface area contributed by atoms with Crippen LogP contribution in [0.25, 0.3) is 0 Å². The summed E-state index contributed by atoms with van der Waals surface area (Å²) >= 11 is 0. The molecule has 1 unspecified atom stereocenters. The van der Waals surface area contributed by atoms with Crippen LogP contribution in [0.1, 0.15) is 25.8 Å². The first kappa shape index (κ1) is 22.9. The van der Waals surface area contributed by atoms with Gasteiger partial charge in [0.2, 0.25) is 11.8 Å². The molecule has 1 aromatic rings. The summed E-state index contributed by atoms with van der Waals surface area (Å²) in [4.78, 5) is 53.5. The summed E-state index contributed by atoms with van der Waals surface area (Å²) < 4.78 is 20.7. The van der Waals surface area contributed by atoms with E-state index in [2.05, 4.69) is 0 Å². The maximum Gasteiger partial charge on any atom is 0.340 e. The van der Waals surface area contributed by atoms with E-state index in [-0.39, 0.29) is 30.1 Å². The second-order valence-electron chi connectivity index (χ2n) is 6.96. The van der Waals surface area contributed by atoms with Gasteiger partial charge in [-0.05, 0) is 19.9 Å². The summed E-state index contributed by atoms with van der Waals surface area (Å²) in [6, 6.07) is 6.62. The predicted octanol–water partition coefficient (Wildman–Crippen LogP) is 1.04. The van der Waals surface area contributed by atoms with Crippen molar-refractivity contribution in [3.05, 3.63) is 52.6 Å². The van der Waals surface area contributed by atoms with Gasteiger partial charge in [-0.15, -0.1) is 0 Å². The number of nitrogens with two attached hydrogens (primary N) is 1. The van der Waals surface area contributed by atoms with Crippen molar-refractivity contribution in [3.63, 3.8) is 0 Å². The molecule has 3 rings (SSSR count). The Morgan fingerprint density at radius 1 is 1.06 bits per heavy atom. The lowest BCUT2D eigenvalue weighted by molar-refractivity contribution is -0.143. The Kier molecular flexibility index (Phi) is 6.24. The number of para-hydroxylation sites is 1. The van der Waals surface area contributed by atoms with Gasteiger partial charge < -0.3 is 29.6 Å². The average molecular weight is 444 g/mol. The number of fused-ring (bicyclic) bond motifs is 2. The molecule has 32 heavy (non-hydrogen) atoms. The van der Waals surface area contributed by atoms with Gasteiger partial charge in [-0.3, -0.25) is 9.59 Å². The van der Waals surface area contributed by atoms with E-state index in [4.69, 9.17) is 24.7 Å². The Morgan fingerprint density at radius 3 is 2.34 bits per heavy atom. The third-order valence-corrected chi connectivity index (χ3v) is 5.28. The lowest BCUT2D eigenvalue weighted by Crippen LogP contribution is -2.50. The van der Waals surface area contributed by atoms with Crippen LogP contribution in [0, 0.1) is 0 Å². The van der Waals surface area contributed by atoms with E-state index in [0.29, 0.717) is 11.3 Å². The fourth-order valence-corrected chi connectivity index (χ4v) is 4.09. The standard InChI is InChI=1S/C22H24N2O8/c1-5-30-15(25)11-14-16(20(27)31-6-2)22(17(18(23)32-14)19(26)29-4)12-9-7-8-10-13(12)24(3)21(22)28/h7-10H,5-6,11,23H2,1-4H3. The van der Waals surface area contributed by atoms with Gasteiger partial charge in [0, 0.05) is 18.3 Å². The molecule has 0 aromatic heterocycles. The molecule has 10 heteroatoms. The van der Waals surface area contributed by atoms with E-state index in [9.17, 15) is 19.2 Å². The van der Waals surface area contributed by atoms with Crippen LogP contribution in [-0.2, 0) is 43.5 Å². The van der Waals surface area contributed by atoms with Gasteiger partial charge in [-0.1, -0.05) is 18.2 Å². The number of benzene rings is 1. The Morgan fingerprint density at radius 2 is 1.72 bits per heavy atom. The molecular weight excluding hydrogens is 420 g/mol. The van der Waals surface area contributed by atoms with Crippen molar-refractivity contribution in [2.75, 3.05) is 32.3 Å². The van der Waals surface area contributed by atoms with Crippen LogP contribution in [0.3, 0.4) is 0 Å². The van der Waals surface area contributed by atoms with Gasteiger partial charge in [0.05, 0.1) is 20.3 Å². The molecule has 2 aliphatic heterocycles. The zero-order valence-electron chi connectivity index (χ0n) is 18.2. The van der Waals surface area contributed by atoms with E-state index in [1.54, 1.807) is 38.1 Å². The van der Waals surface area contributed by atoms with E-state index in [1.165, 1.54) is 11.9 Å². The Bertz CT molecular complexity index is 1060. The van der Waals surface area contributed by atoms with Gasteiger partial charge in [-0.25, -0.2) is 9.59 Å². The first-order valence-electron chi connectivity index (χ1n) is 9.95. The second-order valence-corrected chi connectivity index (χ2v) is 6.96. The first-order chi connectivity index (χ1) is 15.2. The molecule has 0 radical (unpaired) electrons. The number of amides is 1. The molecular formula is C22H24N2O8. The fraction of sp³-hybridized carbons (Fsp3) is 0.364. The zero-order chi connectivity index (χ0) is 23.6. The molecule has 1 atom stereocenters. The van der Waals surface area contributed by atoms with E-state index >= 15 is 0 Å². The number of esters is 3. The summed E-state index contributed by atoms with van der Waals surface area (Å²) in [6.07, 6.45) is -0.502. The molecule has 0 saturated heterocycles. The molecule has 2 aliphatic rings. The Hall–Kier alpha value is -3.82. The van der Waals surface area contributed by atoms with Crippen LogP contribution < -0.4 is 10.6 Å². The summed E-state index contributed by atoms with van der Waals surface area (Å²) in [5.41, 5.74) is 4.16. The molecule has 2 heterocycles. The number of likely N-dealkylation sites (N-methyl/N-ethyl adjacent to an activating group) is 1. The average Bonchev–Trinajstić information content (AvgIpc) is 2.96. The minimum Gasteiger partial charge on any atom is -0.466 e. The number of ether oxygens (including phenoxy) is 4. The van der Waals surface area contributed by atoms with Gasteiger partial charge in [0.25, 0.3) is 0 Å². The molecule has 0 aliphatic carbocycles. The number of hydrogen-bond acceptors (Lipinski definition) is 9. The number of carbonyl (C=O) groups excluding carboxylic acids is 4. The van der Waals surface area contributed by atoms with Gasteiger partial charge in [-0.2, -0.15) is 0 Å². The lowest BCUT2D eigenvalue weighted by Gasteiger charge is -2.36. The van der Waals surface area contributed by atoms with Crippen molar-refractivity contribution in [1.29, 1.82) is 0 Å². The summed E-state index contributed by atoms with van der Waals surface area (Å²) in [6.45, 7) is 3.28. The highest BCUT2D eigenvalue weighted by Gasteiger charge is 2.63. The van der Waals surface area contributed by atoms with Crippen LogP contribution in [0.4, 0.5) is 5.69 Å². The number of nitrogens with zero attached hydrogens (tertiary/aromatic N) is 1. The number of methoxy groups -OCH3 is 1. The number of hydrogen-bond donors (Lipinski definition) is 1. The van der Waals surface area contributed by atoms with Crippen LogP contribution in [0.5, 0.6) is 0 Å². The zero-order valence-corrected chi connectivity index (χ0v) is 18.2. The highest BCUT2D eigenvalue weighted by molar-refractivity contribution is 6.22. The molecule has 1 aromatic carbocycles. The van der Waals surface area contributed by atoms with Crippen molar-refractivity contribution in [2.24, 2.45) is 5.73 Å². The van der Waals surface area contributed by atoms with Crippen LogP contribution >= 0.6 is 0 Å². The maximum absolute atomic E-state index is 13.8. The lowest BCUT2D eigenvalue weighted by atomic mass is 9.67. The van der Waals surface area contributed by atoms with Crippen LogP contribution in [0.15, 0.2) is 47.1 Å². The van der Waals surface area contributed by atoms with Gasteiger partial charge in [0.15, 0.2) is 0 Å². The van der Waals surface area contributed by atoms with Crippen molar-refractivity contribution >= 4 is 29.5 Å². The largest absolute Gasteiger partial charge is 0.466 e. The van der Waals surface area contributed by atoms with Crippen molar-refractivity contribution < 1.29 is 38.1 Å². The summed E-state index contributed by atoms with van der Waals surface area (Å²) in [5.74, 6) is -3.93. The Balaban J connectivity index is 2.42. The predicted molar refractivity (Wildman–Crippen MR) is 111 cm³/mol. The second kappa shape index (κ2) is 8.74. The highest BCUT2D eigenvalue weighted by atomic mass is 16.5. The number of rotatable bonds is 6. The molecule has 0 bridgehead atoms. The number of carbonyl (C=O) groups is 4. The molecule has 170 valence electrons. The van der Waals surface area contributed by atoms with Crippen molar-refractivity contribution in [3.8, 4) is 0 Å². The number of anilines is 1. The van der Waals surface area contributed by atoms with E-state index in [1.807, 2.05) is 0 Å². The van der Waals surface area contributed by atoms with Gasteiger partial charge in [0.1, 0.15) is 28.7 Å². The molecule has 1 spiro atoms. The minimum absolute atomic E-state index is 0.0243. The Labute approximate surface area is 184 Å². The maximum atomic E-state index is 13.8. The molecule has 0 saturated carbocycles. The van der Waals surface area contributed by atoms with Crippen LogP contribution in [0.2, 0.25) is 0 Å². The van der Waals surface area contributed by atoms with E-state index < -0.39 is 41.5 Å². The fourth-order valence-electron chi connectivity index (χ4n) is 4.09. The van der Waals surface area contributed by atoms with Gasteiger partial charge >= 0.3 is 17.9 Å². The topological polar surface area (TPSA) is 134 Å². The minimum atomic E-state index is -2.02. The normalized spacial score (nSPS) is 19.6. The smallest absolute Gasteiger partial charge is 0.340 e. The van der Waals surface area contributed by atoms with E-state index in [0.717, 1.165) is 7.11 Å². The monoisotopic (exact) mass is 444 g/mol.